The van der Waals surface area contributed by atoms with Crippen molar-refractivity contribution in [3.05, 3.63) is 24.2 Å². The summed E-state index contributed by atoms with van der Waals surface area (Å²) < 4.78 is 10.7. The van der Waals surface area contributed by atoms with E-state index in [0.29, 0.717) is 18.6 Å². The van der Waals surface area contributed by atoms with E-state index in [2.05, 4.69) is 26.1 Å². The van der Waals surface area contributed by atoms with E-state index in [9.17, 15) is 0 Å². The topological polar surface area (TPSA) is 34.4 Å². The first-order chi connectivity index (χ1) is 7.70. The van der Waals surface area contributed by atoms with Gasteiger partial charge in [0.1, 0.15) is 12.4 Å². The fraction of sp³-hybridized carbons (Fsp3) is 0.692. The summed E-state index contributed by atoms with van der Waals surface area (Å²) in [6.07, 6.45) is 2.71. The van der Waals surface area contributed by atoms with Crippen LogP contribution in [0.25, 0.3) is 0 Å². The Bertz CT molecular complexity index is 257. The molecule has 1 atom stereocenters. The lowest BCUT2D eigenvalue weighted by Crippen LogP contribution is -2.31. The fourth-order valence-electron chi connectivity index (χ4n) is 1.31. The van der Waals surface area contributed by atoms with Crippen LogP contribution in [-0.4, -0.2) is 19.2 Å². The van der Waals surface area contributed by atoms with Crippen molar-refractivity contribution < 1.29 is 9.15 Å². The van der Waals surface area contributed by atoms with Gasteiger partial charge in [-0.05, 0) is 37.9 Å². The van der Waals surface area contributed by atoms with E-state index in [1.54, 1.807) is 6.26 Å². The van der Waals surface area contributed by atoms with Crippen LogP contribution in [0.1, 0.15) is 33.0 Å². The molecule has 0 bridgehead atoms. The Morgan fingerprint density at radius 3 is 2.81 bits per heavy atom. The summed E-state index contributed by atoms with van der Waals surface area (Å²) >= 11 is 0. The molecule has 0 aliphatic rings. The molecule has 92 valence electrons. The quantitative estimate of drug-likeness (QED) is 0.691. The van der Waals surface area contributed by atoms with Gasteiger partial charge < -0.3 is 14.5 Å². The van der Waals surface area contributed by atoms with Crippen molar-refractivity contribution in [1.82, 2.24) is 5.32 Å². The molecule has 0 saturated carbocycles. The lowest BCUT2D eigenvalue weighted by atomic mass is 10.1. The second-order valence-electron chi connectivity index (χ2n) is 4.47. The molecule has 0 saturated heterocycles. The van der Waals surface area contributed by atoms with E-state index in [1.807, 2.05) is 12.1 Å². The van der Waals surface area contributed by atoms with Gasteiger partial charge in [-0.3, -0.25) is 0 Å². The maximum atomic E-state index is 5.49. The third kappa shape index (κ3) is 5.33. The SMILES string of the molecule is CC(C)C(C)NCCCOCc1ccco1. The van der Waals surface area contributed by atoms with Gasteiger partial charge in [-0.25, -0.2) is 0 Å². The minimum absolute atomic E-state index is 0.574. The molecular formula is C13H23NO2. The van der Waals surface area contributed by atoms with Crippen LogP contribution in [0.2, 0.25) is 0 Å². The first-order valence-electron chi connectivity index (χ1n) is 6.03. The molecule has 1 aromatic rings. The van der Waals surface area contributed by atoms with Crippen LogP contribution in [0.5, 0.6) is 0 Å². The maximum Gasteiger partial charge on any atom is 0.129 e. The molecule has 0 radical (unpaired) electrons. The number of ether oxygens (including phenoxy) is 1. The highest BCUT2D eigenvalue weighted by atomic mass is 16.5. The molecule has 1 unspecified atom stereocenters. The molecule has 1 heterocycles. The smallest absolute Gasteiger partial charge is 0.129 e. The van der Waals surface area contributed by atoms with Crippen LogP contribution in [0.3, 0.4) is 0 Å². The van der Waals surface area contributed by atoms with E-state index in [-0.39, 0.29) is 0 Å². The fourth-order valence-corrected chi connectivity index (χ4v) is 1.31. The van der Waals surface area contributed by atoms with E-state index < -0.39 is 0 Å². The van der Waals surface area contributed by atoms with Gasteiger partial charge in [0.25, 0.3) is 0 Å². The molecule has 3 nitrogen and oxygen atoms in total. The molecule has 0 aromatic carbocycles. The summed E-state index contributed by atoms with van der Waals surface area (Å²) in [6, 6.07) is 4.38. The maximum absolute atomic E-state index is 5.49. The molecule has 0 amide bonds. The summed E-state index contributed by atoms with van der Waals surface area (Å²) in [7, 11) is 0. The van der Waals surface area contributed by atoms with Crippen LogP contribution >= 0.6 is 0 Å². The highest BCUT2D eigenvalue weighted by Crippen LogP contribution is 2.02. The van der Waals surface area contributed by atoms with Crippen molar-refractivity contribution in [1.29, 1.82) is 0 Å². The number of furan rings is 1. The Morgan fingerprint density at radius 2 is 2.19 bits per heavy atom. The van der Waals surface area contributed by atoms with Gasteiger partial charge in [0.2, 0.25) is 0 Å². The third-order valence-corrected chi connectivity index (χ3v) is 2.76. The molecule has 1 rings (SSSR count). The zero-order valence-corrected chi connectivity index (χ0v) is 10.5. The highest BCUT2D eigenvalue weighted by molar-refractivity contribution is 4.95. The van der Waals surface area contributed by atoms with E-state index >= 15 is 0 Å². The second kappa shape index (κ2) is 7.47. The Morgan fingerprint density at radius 1 is 1.38 bits per heavy atom. The molecule has 1 aromatic heterocycles. The van der Waals surface area contributed by atoms with Gasteiger partial charge in [-0.15, -0.1) is 0 Å². The number of nitrogens with one attached hydrogen (secondary N) is 1. The van der Waals surface area contributed by atoms with Crippen LogP contribution in [0, 0.1) is 5.92 Å². The number of hydrogen-bond donors (Lipinski definition) is 1. The molecule has 1 N–H and O–H groups in total. The van der Waals surface area contributed by atoms with Gasteiger partial charge in [0.15, 0.2) is 0 Å². The number of rotatable bonds is 8. The Hall–Kier alpha value is -0.800. The zero-order chi connectivity index (χ0) is 11.8. The average Bonchev–Trinajstić information content (AvgIpc) is 2.75. The van der Waals surface area contributed by atoms with Gasteiger partial charge in [0, 0.05) is 12.6 Å². The minimum atomic E-state index is 0.574. The summed E-state index contributed by atoms with van der Waals surface area (Å²) in [5.41, 5.74) is 0. The third-order valence-electron chi connectivity index (χ3n) is 2.76. The predicted molar refractivity (Wildman–Crippen MR) is 65.3 cm³/mol. The lowest BCUT2D eigenvalue weighted by molar-refractivity contribution is 0.103. The summed E-state index contributed by atoms with van der Waals surface area (Å²) in [6.45, 7) is 9.03. The first kappa shape index (κ1) is 13.3. The Kier molecular flexibility index (Phi) is 6.19. The van der Waals surface area contributed by atoms with Crippen molar-refractivity contribution in [2.45, 2.75) is 39.8 Å². The van der Waals surface area contributed by atoms with Gasteiger partial charge >= 0.3 is 0 Å². The molecule has 3 heteroatoms. The van der Waals surface area contributed by atoms with Crippen molar-refractivity contribution in [2.75, 3.05) is 13.2 Å². The van der Waals surface area contributed by atoms with E-state index in [1.165, 1.54) is 0 Å². The minimum Gasteiger partial charge on any atom is -0.467 e. The molecule has 16 heavy (non-hydrogen) atoms. The van der Waals surface area contributed by atoms with Crippen LogP contribution in [-0.2, 0) is 11.3 Å². The summed E-state index contributed by atoms with van der Waals surface area (Å²) in [5, 5.41) is 3.47. The van der Waals surface area contributed by atoms with Gasteiger partial charge in [-0.2, -0.15) is 0 Å². The van der Waals surface area contributed by atoms with Crippen LogP contribution < -0.4 is 5.32 Å². The summed E-state index contributed by atoms with van der Waals surface area (Å²) in [4.78, 5) is 0. The summed E-state index contributed by atoms with van der Waals surface area (Å²) in [5.74, 6) is 1.58. The largest absolute Gasteiger partial charge is 0.467 e. The Balaban J connectivity index is 1.92. The highest BCUT2D eigenvalue weighted by Gasteiger charge is 2.04. The predicted octanol–water partition coefficient (Wildman–Crippen LogP) is 2.82. The van der Waals surface area contributed by atoms with Crippen LogP contribution in [0.4, 0.5) is 0 Å². The van der Waals surface area contributed by atoms with Crippen molar-refractivity contribution in [3.8, 4) is 0 Å². The molecule has 0 spiro atoms. The zero-order valence-electron chi connectivity index (χ0n) is 10.5. The van der Waals surface area contributed by atoms with Gasteiger partial charge in [-0.1, -0.05) is 13.8 Å². The lowest BCUT2D eigenvalue weighted by Gasteiger charge is -2.17. The van der Waals surface area contributed by atoms with E-state index in [0.717, 1.165) is 25.3 Å². The van der Waals surface area contributed by atoms with Crippen LogP contribution in [0.15, 0.2) is 22.8 Å². The molecular weight excluding hydrogens is 202 g/mol. The monoisotopic (exact) mass is 225 g/mol. The molecule has 0 aliphatic carbocycles. The van der Waals surface area contributed by atoms with Crippen molar-refractivity contribution in [2.24, 2.45) is 5.92 Å². The van der Waals surface area contributed by atoms with Crippen molar-refractivity contribution >= 4 is 0 Å². The first-order valence-corrected chi connectivity index (χ1v) is 6.03. The van der Waals surface area contributed by atoms with Gasteiger partial charge in [0.05, 0.1) is 6.26 Å². The average molecular weight is 225 g/mol. The Labute approximate surface area is 98.2 Å². The molecule has 0 fully saturated rings. The normalized spacial score (nSPS) is 13.2. The second-order valence-corrected chi connectivity index (χ2v) is 4.47. The molecule has 0 aliphatic heterocycles. The number of hydrogen-bond acceptors (Lipinski definition) is 3. The standard InChI is InChI=1S/C13H23NO2/c1-11(2)12(3)14-7-5-8-15-10-13-6-4-9-16-13/h4,6,9,11-12,14H,5,7-8,10H2,1-3H3. The van der Waals surface area contributed by atoms with E-state index in [4.69, 9.17) is 9.15 Å². The van der Waals surface area contributed by atoms with Crippen molar-refractivity contribution in [3.63, 3.8) is 0 Å².